The zero-order valence-electron chi connectivity index (χ0n) is 10.8. The van der Waals surface area contributed by atoms with E-state index in [0.29, 0.717) is 5.82 Å². The Balaban J connectivity index is 2.29. The molecular formula is C14H18N4S. The van der Waals surface area contributed by atoms with E-state index in [0.717, 1.165) is 16.9 Å². The highest BCUT2D eigenvalue weighted by Crippen LogP contribution is 2.26. The molecule has 0 saturated carbocycles. The van der Waals surface area contributed by atoms with Crippen LogP contribution in [0.4, 0.5) is 5.82 Å². The summed E-state index contributed by atoms with van der Waals surface area (Å²) in [4.78, 5) is 5.35. The van der Waals surface area contributed by atoms with Gasteiger partial charge in [-0.15, -0.1) is 11.8 Å². The first kappa shape index (κ1) is 13.9. The average Bonchev–Trinajstić information content (AvgIpc) is 2.44. The van der Waals surface area contributed by atoms with Crippen LogP contribution in [0, 0.1) is 0 Å². The highest BCUT2D eigenvalue weighted by molar-refractivity contribution is 7.99. The van der Waals surface area contributed by atoms with Crippen LogP contribution in [0.15, 0.2) is 47.5 Å². The summed E-state index contributed by atoms with van der Waals surface area (Å²) in [5.74, 6) is 7.22. The van der Waals surface area contributed by atoms with Crippen molar-refractivity contribution in [2.24, 2.45) is 5.84 Å². The van der Waals surface area contributed by atoms with Gasteiger partial charge in [0.1, 0.15) is 5.82 Å². The molecule has 100 valence electrons. The molecule has 0 spiro atoms. The second-order valence-corrected chi connectivity index (χ2v) is 5.42. The van der Waals surface area contributed by atoms with Gasteiger partial charge in [0, 0.05) is 16.7 Å². The summed E-state index contributed by atoms with van der Waals surface area (Å²) < 4.78 is 0. The fourth-order valence-corrected chi connectivity index (χ4v) is 2.62. The van der Waals surface area contributed by atoms with Gasteiger partial charge in [0.25, 0.3) is 0 Å². The summed E-state index contributed by atoms with van der Waals surface area (Å²) in [5.41, 5.74) is 10.7. The lowest BCUT2D eigenvalue weighted by molar-refractivity contribution is 0.636. The van der Waals surface area contributed by atoms with E-state index < -0.39 is 0 Å². The Bertz CT molecular complexity index is 527. The fourth-order valence-electron chi connectivity index (χ4n) is 1.96. The van der Waals surface area contributed by atoms with Gasteiger partial charge < -0.3 is 5.73 Å². The Morgan fingerprint density at radius 1 is 1.26 bits per heavy atom. The highest BCUT2D eigenvalue weighted by Gasteiger charge is 2.15. The zero-order chi connectivity index (χ0) is 13.7. The van der Waals surface area contributed by atoms with Gasteiger partial charge in [0.2, 0.25) is 0 Å². The number of pyridine rings is 1. The van der Waals surface area contributed by atoms with E-state index in [1.165, 1.54) is 4.90 Å². The van der Waals surface area contributed by atoms with Gasteiger partial charge in [0.15, 0.2) is 0 Å². The number of anilines is 1. The van der Waals surface area contributed by atoms with E-state index in [-0.39, 0.29) is 6.04 Å². The zero-order valence-corrected chi connectivity index (χ0v) is 11.7. The molecule has 2 aromatic rings. The molecule has 0 bridgehead atoms. The van der Waals surface area contributed by atoms with Crippen LogP contribution >= 0.6 is 11.8 Å². The Kier molecular flexibility index (Phi) is 4.79. The number of hydrogen-bond donors (Lipinski definition) is 3. The Hall–Kier alpha value is -1.56. The number of nitrogens with one attached hydrogen (secondary N) is 1. The molecule has 0 aliphatic heterocycles. The first-order valence-electron chi connectivity index (χ1n) is 6.15. The number of nitrogens with two attached hydrogens (primary N) is 2. The maximum absolute atomic E-state index is 5.90. The van der Waals surface area contributed by atoms with E-state index in [1.54, 1.807) is 6.20 Å². The van der Waals surface area contributed by atoms with Crippen molar-refractivity contribution < 1.29 is 0 Å². The van der Waals surface area contributed by atoms with Crippen molar-refractivity contribution in [2.75, 3.05) is 11.5 Å². The lowest BCUT2D eigenvalue weighted by Gasteiger charge is -2.18. The van der Waals surface area contributed by atoms with Crippen molar-refractivity contribution >= 4 is 17.6 Å². The van der Waals surface area contributed by atoms with Gasteiger partial charge in [-0.2, -0.15) is 0 Å². The topological polar surface area (TPSA) is 77.0 Å². The highest BCUT2D eigenvalue weighted by atomic mass is 32.2. The van der Waals surface area contributed by atoms with Gasteiger partial charge >= 0.3 is 0 Å². The average molecular weight is 274 g/mol. The molecule has 0 aliphatic rings. The summed E-state index contributed by atoms with van der Waals surface area (Å²) in [6.45, 7) is 2.14. The lowest BCUT2D eigenvalue weighted by atomic mass is 10.00. The van der Waals surface area contributed by atoms with Gasteiger partial charge in [-0.25, -0.2) is 10.4 Å². The second kappa shape index (κ2) is 6.56. The van der Waals surface area contributed by atoms with Crippen molar-refractivity contribution in [1.29, 1.82) is 0 Å². The monoisotopic (exact) mass is 274 g/mol. The largest absolute Gasteiger partial charge is 0.383 e. The molecular weight excluding hydrogens is 256 g/mol. The van der Waals surface area contributed by atoms with E-state index in [2.05, 4.69) is 41.6 Å². The van der Waals surface area contributed by atoms with Crippen LogP contribution in [-0.2, 0) is 0 Å². The van der Waals surface area contributed by atoms with Gasteiger partial charge in [0.05, 0.1) is 6.04 Å². The van der Waals surface area contributed by atoms with Crippen LogP contribution in [-0.4, -0.2) is 10.7 Å². The molecule has 4 nitrogen and oxygen atoms in total. The van der Waals surface area contributed by atoms with E-state index in [9.17, 15) is 0 Å². The van der Waals surface area contributed by atoms with Crippen LogP contribution < -0.4 is 17.0 Å². The normalized spacial score (nSPS) is 12.3. The van der Waals surface area contributed by atoms with E-state index >= 15 is 0 Å². The third-order valence-electron chi connectivity index (χ3n) is 2.87. The van der Waals surface area contributed by atoms with Crippen LogP contribution in [0.3, 0.4) is 0 Å². The Morgan fingerprint density at radius 3 is 2.58 bits per heavy atom. The van der Waals surface area contributed by atoms with E-state index in [1.807, 2.05) is 23.9 Å². The number of thioether (sulfide) groups is 1. The number of aromatic nitrogens is 1. The minimum absolute atomic E-state index is 0.144. The van der Waals surface area contributed by atoms with E-state index in [4.69, 9.17) is 11.6 Å². The standard InChI is InChI=1S/C14H18N4S/c1-2-19-11-7-5-10(6-8-11)13(18-16)12-4-3-9-17-14(12)15/h3-9,13,18H,2,16H2,1H3,(H2,15,17). The van der Waals surface area contributed by atoms with Crippen LogP contribution in [0.1, 0.15) is 24.1 Å². The second-order valence-electron chi connectivity index (χ2n) is 4.08. The van der Waals surface area contributed by atoms with Crippen molar-refractivity contribution in [3.05, 3.63) is 53.7 Å². The Morgan fingerprint density at radius 2 is 2.00 bits per heavy atom. The van der Waals surface area contributed by atoms with Crippen LogP contribution in [0.2, 0.25) is 0 Å². The van der Waals surface area contributed by atoms with Gasteiger partial charge in [-0.1, -0.05) is 25.1 Å². The third kappa shape index (κ3) is 3.26. The minimum Gasteiger partial charge on any atom is -0.383 e. The minimum atomic E-state index is -0.144. The molecule has 2 rings (SSSR count). The third-order valence-corrected chi connectivity index (χ3v) is 3.77. The SMILES string of the molecule is CCSc1ccc(C(NN)c2cccnc2N)cc1. The maximum atomic E-state index is 5.90. The molecule has 5 heteroatoms. The molecule has 5 N–H and O–H groups in total. The molecule has 0 radical (unpaired) electrons. The lowest BCUT2D eigenvalue weighted by Crippen LogP contribution is -2.29. The van der Waals surface area contributed by atoms with Gasteiger partial charge in [-0.05, 0) is 29.5 Å². The molecule has 0 saturated heterocycles. The summed E-state index contributed by atoms with van der Waals surface area (Å²) in [6.07, 6.45) is 1.67. The number of rotatable bonds is 5. The maximum Gasteiger partial charge on any atom is 0.128 e. The number of nitrogen functional groups attached to an aromatic ring is 1. The molecule has 0 amide bonds. The number of hydrogen-bond acceptors (Lipinski definition) is 5. The number of nitrogens with zero attached hydrogens (tertiary/aromatic N) is 1. The quantitative estimate of drug-likeness (QED) is 0.443. The predicted octanol–water partition coefficient (Wildman–Crippen LogP) is 2.33. The first-order chi connectivity index (χ1) is 9.26. The Labute approximate surface area is 117 Å². The van der Waals surface area contributed by atoms with Crippen LogP contribution in [0.5, 0.6) is 0 Å². The molecule has 19 heavy (non-hydrogen) atoms. The number of hydrazine groups is 1. The molecule has 1 atom stereocenters. The van der Waals surface area contributed by atoms with Crippen molar-refractivity contribution in [3.8, 4) is 0 Å². The molecule has 1 unspecified atom stereocenters. The fraction of sp³-hybridized carbons (Fsp3) is 0.214. The van der Waals surface area contributed by atoms with Crippen molar-refractivity contribution in [3.63, 3.8) is 0 Å². The predicted molar refractivity (Wildman–Crippen MR) is 80.7 cm³/mol. The first-order valence-corrected chi connectivity index (χ1v) is 7.14. The van der Waals surface area contributed by atoms with Gasteiger partial charge in [-0.3, -0.25) is 5.84 Å². The summed E-state index contributed by atoms with van der Waals surface area (Å²) in [5, 5.41) is 0. The molecule has 0 aliphatic carbocycles. The molecule has 0 fully saturated rings. The summed E-state index contributed by atoms with van der Waals surface area (Å²) >= 11 is 1.81. The van der Waals surface area contributed by atoms with Crippen molar-refractivity contribution in [2.45, 2.75) is 17.9 Å². The van der Waals surface area contributed by atoms with Crippen LogP contribution in [0.25, 0.3) is 0 Å². The van der Waals surface area contributed by atoms with Crippen molar-refractivity contribution in [1.82, 2.24) is 10.4 Å². The molecule has 1 aromatic carbocycles. The number of benzene rings is 1. The summed E-state index contributed by atoms with van der Waals surface area (Å²) in [7, 11) is 0. The summed E-state index contributed by atoms with van der Waals surface area (Å²) in [6, 6.07) is 12.0. The molecule has 1 aromatic heterocycles. The smallest absolute Gasteiger partial charge is 0.128 e. The molecule has 1 heterocycles.